The largest absolute Gasteiger partial charge is 0.303 e. The molecule has 1 heterocycles. The van der Waals surface area contributed by atoms with Gasteiger partial charge in [-0.2, -0.15) is 0 Å². The summed E-state index contributed by atoms with van der Waals surface area (Å²) in [5.41, 5.74) is 0. The highest BCUT2D eigenvalue weighted by Crippen LogP contribution is 2.23. The fourth-order valence-corrected chi connectivity index (χ4v) is 3.01. The molecule has 0 saturated carbocycles. The highest BCUT2D eigenvalue weighted by Gasteiger charge is 2.18. The highest BCUT2D eigenvalue weighted by molar-refractivity contribution is 4.73. The minimum Gasteiger partial charge on any atom is -0.303 e. The first kappa shape index (κ1) is 15.0. The number of likely N-dealkylation sites (tertiary alicyclic amines) is 1. The van der Waals surface area contributed by atoms with Crippen molar-refractivity contribution < 1.29 is 0 Å². The third kappa shape index (κ3) is 7.08. The van der Waals surface area contributed by atoms with Crippen LogP contribution in [-0.2, 0) is 0 Å². The van der Waals surface area contributed by atoms with E-state index < -0.39 is 0 Å². The second kappa shape index (κ2) is 8.97. The molecule has 102 valence electrons. The van der Waals surface area contributed by atoms with Gasteiger partial charge < -0.3 is 4.90 Å². The molecule has 0 spiro atoms. The van der Waals surface area contributed by atoms with Gasteiger partial charge in [0.05, 0.1) is 0 Å². The Morgan fingerprint density at radius 2 is 1.65 bits per heavy atom. The molecule has 0 N–H and O–H groups in total. The van der Waals surface area contributed by atoms with Crippen molar-refractivity contribution in [3.63, 3.8) is 0 Å². The summed E-state index contributed by atoms with van der Waals surface area (Å²) in [7, 11) is 0. The molecule has 0 amide bonds. The van der Waals surface area contributed by atoms with Crippen LogP contribution in [0.1, 0.15) is 72.1 Å². The molecule has 1 aliphatic heterocycles. The van der Waals surface area contributed by atoms with E-state index >= 15 is 0 Å². The molecule has 0 bridgehead atoms. The van der Waals surface area contributed by atoms with E-state index in [-0.39, 0.29) is 0 Å². The van der Waals surface area contributed by atoms with E-state index in [4.69, 9.17) is 0 Å². The van der Waals surface area contributed by atoms with Crippen LogP contribution in [-0.4, -0.2) is 24.5 Å². The molecule has 17 heavy (non-hydrogen) atoms. The summed E-state index contributed by atoms with van der Waals surface area (Å²) >= 11 is 0. The van der Waals surface area contributed by atoms with Gasteiger partial charge in [0.1, 0.15) is 0 Å². The van der Waals surface area contributed by atoms with Gasteiger partial charge in [-0.15, -0.1) is 0 Å². The lowest BCUT2D eigenvalue weighted by Crippen LogP contribution is -2.36. The Morgan fingerprint density at radius 1 is 1.00 bits per heavy atom. The molecule has 0 aromatic rings. The Kier molecular flexibility index (Phi) is 7.92. The predicted molar refractivity (Wildman–Crippen MR) is 77.4 cm³/mol. The third-order valence-corrected chi connectivity index (χ3v) is 4.05. The Labute approximate surface area is 109 Å². The van der Waals surface area contributed by atoms with Crippen molar-refractivity contribution in [1.29, 1.82) is 0 Å². The van der Waals surface area contributed by atoms with E-state index in [0.29, 0.717) is 0 Å². The van der Waals surface area contributed by atoms with E-state index in [1.165, 1.54) is 71.0 Å². The third-order valence-electron chi connectivity index (χ3n) is 4.05. The first-order valence-electron chi connectivity index (χ1n) is 7.94. The van der Waals surface area contributed by atoms with Crippen molar-refractivity contribution in [2.75, 3.05) is 19.6 Å². The molecule has 1 aliphatic rings. The number of hydrogen-bond acceptors (Lipinski definition) is 1. The van der Waals surface area contributed by atoms with Gasteiger partial charge in [-0.25, -0.2) is 0 Å². The second-order valence-electron chi connectivity index (χ2n) is 6.34. The fraction of sp³-hybridized carbons (Fsp3) is 1.00. The van der Waals surface area contributed by atoms with Gasteiger partial charge in [0.25, 0.3) is 0 Å². The molecule has 1 heteroatoms. The van der Waals surface area contributed by atoms with E-state index in [9.17, 15) is 0 Å². The molecule has 1 rings (SSSR count). The van der Waals surface area contributed by atoms with Crippen LogP contribution in [0.25, 0.3) is 0 Å². The van der Waals surface area contributed by atoms with Crippen molar-refractivity contribution in [3.8, 4) is 0 Å². The molecule has 0 aromatic carbocycles. The maximum Gasteiger partial charge on any atom is 0.000439 e. The SMILES string of the molecule is CCCCCCCC1CCN(CC(C)C)CC1. The molecule has 0 unspecified atom stereocenters. The first-order valence-corrected chi connectivity index (χ1v) is 7.94. The molecule has 1 saturated heterocycles. The van der Waals surface area contributed by atoms with Gasteiger partial charge in [-0.3, -0.25) is 0 Å². The van der Waals surface area contributed by atoms with Gasteiger partial charge in [-0.1, -0.05) is 59.3 Å². The maximum absolute atomic E-state index is 2.66. The average molecular weight is 239 g/mol. The summed E-state index contributed by atoms with van der Waals surface area (Å²) in [6, 6.07) is 0. The van der Waals surface area contributed by atoms with Crippen molar-refractivity contribution in [3.05, 3.63) is 0 Å². The zero-order chi connectivity index (χ0) is 12.5. The van der Waals surface area contributed by atoms with Crippen LogP contribution in [0, 0.1) is 11.8 Å². The number of piperidine rings is 1. The average Bonchev–Trinajstić information content (AvgIpc) is 2.30. The van der Waals surface area contributed by atoms with E-state index in [2.05, 4.69) is 25.7 Å². The van der Waals surface area contributed by atoms with E-state index in [0.717, 1.165) is 11.8 Å². The van der Waals surface area contributed by atoms with Gasteiger partial charge in [0, 0.05) is 6.54 Å². The molecule has 0 radical (unpaired) electrons. The number of hydrogen-bond donors (Lipinski definition) is 0. The van der Waals surface area contributed by atoms with Crippen molar-refractivity contribution in [1.82, 2.24) is 4.90 Å². The summed E-state index contributed by atoms with van der Waals surface area (Å²) in [4.78, 5) is 2.66. The van der Waals surface area contributed by atoms with E-state index in [1.54, 1.807) is 0 Å². The lowest BCUT2D eigenvalue weighted by molar-refractivity contribution is 0.162. The minimum absolute atomic E-state index is 0.834. The predicted octanol–water partition coefficient (Wildman–Crippen LogP) is 4.71. The van der Waals surface area contributed by atoms with Gasteiger partial charge in [0.2, 0.25) is 0 Å². The summed E-state index contributed by atoms with van der Waals surface area (Å²) in [5.74, 6) is 1.88. The van der Waals surface area contributed by atoms with Crippen LogP contribution in [0.3, 0.4) is 0 Å². The number of unbranched alkanes of at least 4 members (excludes halogenated alkanes) is 4. The van der Waals surface area contributed by atoms with Crippen LogP contribution in [0.2, 0.25) is 0 Å². The Balaban J connectivity index is 1.99. The molecule has 1 nitrogen and oxygen atoms in total. The zero-order valence-corrected chi connectivity index (χ0v) is 12.4. The summed E-state index contributed by atoms with van der Waals surface area (Å²) in [5, 5.41) is 0. The smallest absolute Gasteiger partial charge is 0.000439 e. The number of rotatable bonds is 8. The Hall–Kier alpha value is -0.0400. The minimum atomic E-state index is 0.834. The molecule has 1 fully saturated rings. The molecule has 0 atom stereocenters. The van der Waals surface area contributed by atoms with Gasteiger partial charge in [0.15, 0.2) is 0 Å². The number of nitrogens with zero attached hydrogens (tertiary/aromatic N) is 1. The zero-order valence-electron chi connectivity index (χ0n) is 12.4. The Bertz CT molecular complexity index is 168. The summed E-state index contributed by atoms with van der Waals surface area (Å²) in [6.45, 7) is 11.0. The lowest BCUT2D eigenvalue weighted by atomic mass is 9.91. The molecular formula is C16H33N. The van der Waals surface area contributed by atoms with Crippen LogP contribution < -0.4 is 0 Å². The fourth-order valence-electron chi connectivity index (χ4n) is 3.01. The highest BCUT2D eigenvalue weighted by atomic mass is 15.1. The molecule has 0 aromatic heterocycles. The summed E-state index contributed by atoms with van der Waals surface area (Å²) in [6.07, 6.45) is 11.6. The molecule has 0 aliphatic carbocycles. The van der Waals surface area contributed by atoms with Crippen LogP contribution in [0.4, 0.5) is 0 Å². The topological polar surface area (TPSA) is 3.24 Å². The van der Waals surface area contributed by atoms with Crippen LogP contribution >= 0.6 is 0 Å². The Morgan fingerprint density at radius 3 is 2.24 bits per heavy atom. The molecular weight excluding hydrogens is 206 g/mol. The van der Waals surface area contributed by atoms with Crippen LogP contribution in [0.5, 0.6) is 0 Å². The second-order valence-corrected chi connectivity index (χ2v) is 6.34. The first-order chi connectivity index (χ1) is 8.22. The lowest BCUT2D eigenvalue weighted by Gasteiger charge is -2.33. The van der Waals surface area contributed by atoms with Gasteiger partial charge in [-0.05, 0) is 37.8 Å². The van der Waals surface area contributed by atoms with Crippen LogP contribution in [0.15, 0.2) is 0 Å². The van der Waals surface area contributed by atoms with Gasteiger partial charge >= 0.3 is 0 Å². The summed E-state index contributed by atoms with van der Waals surface area (Å²) < 4.78 is 0. The monoisotopic (exact) mass is 239 g/mol. The normalized spacial score (nSPS) is 19.1. The quantitative estimate of drug-likeness (QED) is 0.554. The maximum atomic E-state index is 2.66. The van der Waals surface area contributed by atoms with E-state index in [1.807, 2.05) is 0 Å². The van der Waals surface area contributed by atoms with Crippen molar-refractivity contribution in [2.45, 2.75) is 72.1 Å². The van der Waals surface area contributed by atoms with Crippen molar-refractivity contribution >= 4 is 0 Å². The van der Waals surface area contributed by atoms with Crippen molar-refractivity contribution in [2.24, 2.45) is 11.8 Å². The standard InChI is InChI=1S/C16H33N/c1-4-5-6-7-8-9-16-10-12-17(13-11-16)14-15(2)3/h15-16H,4-14H2,1-3H3.